The minimum Gasteiger partial charge on any atom is -0.481 e. The van der Waals surface area contributed by atoms with Gasteiger partial charge >= 0.3 is 5.97 Å². The maximum Gasteiger partial charge on any atom is 0.306 e. The summed E-state index contributed by atoms with van der Waals surface area (Å²) in [5, 5.41) is 43.7. The second-order valence-corrected chi connectivity index (χ2v) is 13.3. The van der Waals surface area contributed by atoms with E-state index in [9.17, 15) is 25.2 Å². The van der Waals surface area contributed by atoms with Crippen LogP contribution in [0.1, 0.15) is 92.9 Å². The van der Waals surface area contributed by atoms with Gasteiger partial charge in [0.25, 0.3) is 0 Å². The first-order valence-electron chi connectivity index (χ1n) is 13.6. The number of fused-ring (bicyclic) bond motifs is 5. The minimum atomic E-state index is -0.744. The Labute approximate surface area is 200 Å². The van der Waals surface area contributed by atoms with Crippen LogP contribution in [-0.2, 0) is 4.79 Å². The summed E-state index contributed by atoms with van der Waals surface area (Å²) >= 11 is 0. The number of carboxylic acid groups (broad SMARTS) is 1. The van der Waals surface area contributed by atoms with E-state index in [0.29, 0.717) is 12.8 Å². The Morgan fingerprint density at radius 3 is 2.27 bits per heavy atom. The first-order valence-corrected chi connectivity index (χ1v) is 13.6. The van der Waals surface area contributed by atoms with Gasteiger partial charge in [0.15, 0.2) is 0 Å². The Morgan fingerprint density at radius 2 is 1.67 bits per heavy atom. The van der Waals surface area contributed by atoms with Crippen molar-refractivity contribution in [3.8, 4) is 0 Å². The molecule has 0 radical (unpaired) electrons. The highest BCUT2D eigenvalue weighted by molar-refractivity contribution is 5.69. The molecule has 0 aromatic rings. The number of carbonyl (C=O) groups is 1. The van der Waals surface area contributed by atoms with Gasteiger partial charge in [-0.3, -0.25) is 4.79 Å². The molecule has 4 aliphatic carbocycles. The molecule has 33 heavy (non-hydrogen) atoms. The van der Waals surface area contributed by atoms with Gasteiger partial charge in [-0.1, -0.05) is 48.0 Å². The summed E-state index contributed by atoms with van der Waals surface area (Å²) in [5.41, 5.74) is -0.410. The van der Waals surface area contributed by atoms with Crippen LogP contribution in [0.15, 0.2) is 0 Å². The van der Waals surface area contributed by atoms with E-state index in [4.69, 9.17) is 0 Å². The van der Waals surface area contributed by atoms with Gasteiger partial charge in [-0.15, -0.1) is 0 Å². The van der Waals surface area contributed by atoms with Crippen molar-refractivity contribution in [2.75, 3.05) is 0 Å². The second-order valence-electron chi connectivity index (χ2n) is 13.3. The maximum absolute atomic E-state index is 11.9. The highest BCUT2D eigenvalue weighted by Gasteiger charge is 2.70. The molecule has 4 fully saturated rings. The number of aliphatic hydroxyl groups excluding tert-OH is 3. The lowest BCUT2D eigenvalue weighted by Crippen LogP contribution is -2.68. The predicted octanol–water partition coefficient (Wildman–Crippen LogP) is 4.72. The van der Waals surface area contributed by atoms with Gasteiger partial charge in [-0.2, -0.15) is 0 Å². The monoisotopic (exact) mass is 464 g/mol. The van der Waals surface area contributed by atoms with Gasteiger partial charge in [0.05, 0.1) is 24.2 Å². The molecule has 0 saturated heterocycles. The average Bonchev–Trinajstić information content (AvgIpc) is 3.09. The van der Waals surface area contributed by atoms with E-state index < -0.39 is 18.2 Å². The number of hydrogen-bond donors (Lipinski definition) is 4. The van der Waals surface area contributed by atoms with E-state index in [0.717, 1.165) is 38.5 Å². The molecule has 190 valence electrons. The van der Waals surface area contributed by atoms with Crippen molar-refractivity contribution in [3.05, 3.63) is 0 Å². The van der Waals surface area contributed by atoms with Crippen molar-refractivity contribution in [3.63, 3.8) is 0 Å². The van der Waals surface area contributed by atoms with Crippen LogP contribution >= 0.6 is 0 Å². The molecule has 4 saturated carbocycles. The predicted molar refractivity (Wildman–Crippen MR) is 128 cm³/mol. The van der Waals surface area contributed by atoms with Crippen LogP contribution in [0, 0.1) is 57.7 Å². The Morgan fingerprint density at radius 1 is 1.00 bits per heavy atom. The van der Waals surface area contributed by atoms with Crippen LogP contribution in [0.5, 0.6) is 0 Å². The Balaban J connectivity index is 1.70. The van der Waals surface area contributed by atoms with Crippen molar-refractivity contribution in [2.45, 2.75) is 111 Å². The van der Waals surface area contributed by atoms with E-state index in [2.05, 4.69) is 34.6 Å². The molecule has 4 rings (SSSR count). The third-order valence-corrected chi connectivity index (χ3v) is 12.2. The largest absolute Gasteiger partial charge is 0.481 e. The van der Waals surface area contributed by atoms with E-state index in [-0.39, 0.29) is 63.8 Å². The molecule has 0 aromatic carbocycles. The Kier molecular flexibility index (Phi) is 6.54. The summed E-state index contributed by atoms with van der Waals surface area (Å²) in [4.78, 5) is 11.5. The normalized spacial score (nSPS) is 53.5. The van der Waals surface area contributed by atoms with E-state index in [1.54, 1.807) is 6.92 Å². The lowest BCUT2D eigenvalue weighted by atomic mass is 9.36. The fourth-order valence-electron chi connectivity index (χ4n) is 10.3. The first-order chi connectivity index (χ1) is 15.3. The molecule has 0 heterocycles. The smallest absolute Gasteiger partial charge is 0.306 e. The molecule has 0 amide bonds. The van der Waals surface area contributed by atoms with Crippen LogP contribution < -0.4 is 0 Å². The minimum absolute atomic E-state index is 0.000633. The zero-order valence-electron chi connectivity index (χ0n) is 21.6. The van der Waals surface area contributed by atoms with Gasteiger partial charge in [0, 0.05) is 0 Å². The van der Waals surface area contributed by atoms with Crippen molar-refractivity contribution in [2.24, 2.45) is 57.7 Å². The number of carboxylic acids is 1. The summed E-state index contributed by atoms with van der Waals surface area (Å²) in [7, 11) is 0. The van der Waals surface area contributed by atoms with Crippen molar-refractivity contribution in [1.29, 1.82) is 0 Å². The lowest BCUT2D eigenvalue weighted by molar-refractivity contribution is -0.260. The third-order valence-electron chi connectivity index (χ3n) is 12.2. The maximum atomic E-state index is 11.9. The average molecular weight is 465 g/mol. The molecular weight excluding hydrogens is 416 g/mol. The van der Waals surface area contributed by atoms with Gasteiger partial charge in [-0.05, 0) is 96.7 Å². The Bertz CT molecular complexity index is 755. The van der Waals surface area contributed by atoms with E-state index in [1.807, 2.05) is 0 Å². The SMILES string of the molecule is CCC1C(O)C2C3CCC(C(C)CC(C)C(=O)O)C3(C)C(O)CC2C2(C)CCC(O)CC12C. The second kappa shape index (κ2) is 8.48. The highest BCUT2D eigenvalue weighted by Crippen LogP contribution is 2.72. The van der Waals surface area contributed by atoms with E-state index >= 15 is 0 Å². The molecule has 5 nitrogen and oxygen atoms in total. The number of aliphatic hydroxyl groups is 3. The quantitative estimate of drug-likeness (QED) is 0.472. The van der Waals surface area contributed by atoms with Crippen molar-refractivity contribution >= 4 is 5.97 Å². The molecule has 0 bridgehead atoms. The third kappa shape index (κ3) is 3.46. The van der Waals surface area contributed by atoms with Crippen molar-refractivity contribution < 1.29 is 25.2 Å². The highest BCUT2D eigenvalue weighted by atomic mass is 16.4. The van der Waals surface area contributed by atoms with Gasteiger partial charge in [-0.25, -0.2) is 0 Å². The van der Waals surface area contributed by atoms with Crippen LogP contribution in [-0.4, -0.2) is 44.7 Å². The molecule has 13 atom stereocenters. The van der Waals surface area contributed by atoms with Gasteiger partial charge < -0.3 is 20.4 Å². The standard InChI is InChI=1S/C28H48O5/c1-7-18-24(31)23-20-9-8-19(15(2)12-16(3)25(32)33)28(20,6)22(30)13-21(23)26(4)11-10-17(29)14-27(18,26)5/h15-24,29-31H,7-14H2,1-6H3,(H,32,33). The molecule has 0 aliphatic heterocycles. The van der Waals surface area contributed by atoms with Crippen molar-refractivity contribution in [1.82, 2.24) is 0 Å². The molecule has 4 N–H and O–H groups in total. The summed E-state index contributed by atoms with van der Waals surface area (Å²) in [5.74, 6) is 0.226. The number of aliphatic carboxylic acids is 1. The van der Waals surface area contributed by atoms with Crippen LogP contribution in [0.25, 0.3) is 0 Å². The summed E-state index contributed by atoms with van der Waals surface area (Å²) in [6.07, 6.45) is 5.64. The lowest BCUT2D eigenvalue weighted by Gasteiger charge is -2.69. The fourth-order valence-corrected chi connectivity index (χ4v) is 10.3. The molecule has 0 spiro atoms. The van der Waals surface area contributed by atoms with Gasteiger partial charge in [0.1, 0.15) is 0 Å². The Hall–Kier alpha value is -0.650. The zero-order chi connectivity index (χ0) is 24.5. The van der Waals surface area contributed by atoms with Crippen LogP contribution in [0.4, 0.5) is 0 Å². The topological polar surface area (TPSA) is 98.0 Å². The number of hydrogen-bond acceptors (Lipinski definition) is 4. The molecular formula is C28H48O5. The summed E-state index contributed by atoms with van der Waals surface area (Å²) in [6, 6.07) is 0. The molecule has 0 aromatic heterocycles. The summed E-state index contributed by atoms with van der Waals surface area (Å²) in [6.45, 7) is 13.1. The van der Waals surface area contributed by atoms with E-state index in [1.165, 1.54) is 0 Å². The first kappa shape index (κ1) is 25.4. The number of rotatable bonds is 5. The summed E-state index contributed by atoms with van der Waals surface area (Å²) < 4.78 is 0. The zero-order valence-corrected chi connectivity index (χ0v) is 21.6. The molecule has 4 aliphatic rings. The molecule has 5 heteroatoms. The van der Waals surface area contributed by atoms with Crippen LogP contribution in [0.3, 0.4) is 0 Å². The fraction of sp³-hybridized carbons (Fsp3) is 0.964. The molecule has 13 unspecified atom stereocenters. The van der Waals surface area contributed by atoms with Gasteiger partial charge in [0.2, 0.25) is 0 Å². The van der Waals surface area contributed by atoms with Crippen LogP contribution in [0.2, 0.25) is 0 Å².